The summed E-state index contributed by atoms with van der Waals surface area (Å²) in [6, 6.07) is 8.11. The van der Waals surface area contributed by atoms with Crippen LogP contribution in [0.4, 0.5) is 0 Å². The fourth-order valence-electron chi connectivity index (χ4n) is 2.12. The average molecular weight is 305 g/mol. The third-order valence-corrected chi connectivity index (χ3v) is 3.44. The number of nitrogens with zero attached hydrogens (tertiary/aromatic N) is 1. The van der Waals surface area contributed by atoms with Gasteiger partial charge in [0.1, 0.15) is 5.75 Å². The van der Waals surface area contributed by atoms with Crippen LogP contribution in [0.25, 0.3) is 11.1 Å². The molecule has 0 fully saturated rings. The van der Waals surface area contributed by atoms with Gasteiger partial charge in [-0.2, -0.15) is 0 Å². The van der Waals surface area contributed by atoms with Crippen molar-refractivity contribution in [2.24, 2.45) is 0 Å². The summed E-state index contributed by atoms with van der Waals surface area (Å²) in [5, 5.41) is 4.11. The van der Waals surface area contributed by atoms with E-state index in [2.05, 4.69) is 23.3 Å². The molecule has 1 aromatic heterocycles. The molecule has 4 heteroatoms. The maximum atomic E-state index is 6.41. The first-order chi connectivity index (χ1) is 10.2. The third-order valence-electron chi connectivity index (χ3n) is 3.12. The molecule has 3 nitrogen and oxygen atoms in total. The monoisotopic (exact) mass is 304 g/mol. The summed E-state index contributed by atoms with van der Waals surface area (Å²) in [6.07, 6.45) is 4.64. The zero-order valence-electron chi connectivity index (χ0n) is 12.5. The number of hydrogen-bond donors (Lipinski definition) is 1. The Hall–Kier alpha value is -1.58. The lowest BCUT2D eigenvalue weighted by atomic mass is 10.1. The maximum absolute atomic E-state index is 6.41. The molecule has 2 rings (SSSR count). The summed E-state index contributed by atoms with van der Waals surface area (Å²) in [5.41, 5.74) is 3.13. The van der Waals surface area contributed by atoms with Crippen molar-refractivity contribution in [3.05, 3.63) is 47.2 Å². The molecule has 1 heterocycles. The van der Waals surface area contributed by atoms with Gasteiger partial charge in [-0.15, -0.1) is 0 Å². The number of aromatic nitrogens is 1. The van der Waals surface area contributed by atoms with Crippen LogP contribution in [0.5, 0.6) is 5.75 Å². The molecule has 1 N–H and O–H groups in total. The Labute approximate surface area is 131 Å². The molecule has 112 valence electrons. The van der Waals surface area contributed by atoms with E-state index < -0.39 is 0 Å². The largest absolute Gasteiger partial charge is 0.492 e. The van der Waals surface area contributed by atoms with Crippen LogP contribution in [0.2, 0.25) is 5.02 Å². The van der Waals surface area contributed by atoms with Gasteiger partial charge < -0.3 is 10.1 Å². The van der Waals surface area contributed by atoms with Crippen molar-refractivity contribution in [1.29, 1.82) is 0 Å². The molecule has 0 aliphatic rings. The van der Waals surface area contributed by atoms with Gasteiger partial charge in [-0.3, -0.25) is 4.98 Å². The van der Waals surface area contributed by atoms with E-state index in [1.807, 2.05) is 25.1 Å². The van der Waals surface area contributed by atoms with Crippen LogP contribution in [-0.2, 0) is 6.54 Å². The lowest BCUT2D eigenvalue weighted by Crippen LogP contribution is -2.13. The second-order valence-corrected chi connectivity index (χ2v) is 5.24. The molecule has 0 bridgehead atoms. The van der Waals surface area contributed by atoms with Crippen LogP contribution >= 0.6 is 11.6 Å². The van der Waals surface area contributed by atoms with Crippen molar-refractivity contribution in [1.82, 2.24) is 10.3 Å². The van der Waals surface area contributed by atoms with E-state index in [-0.39, 0.29) is 0 Å². The quantitative estimate of drug-likeness (QED) is 0.774. The molecule has 0 unspecified atom stereocenters. The van der Waals surface area contributed by atoms with Crippen molar-refractivity contribution in [3.8, 4) is 16.9 Å². The second kappa shape index (κ2) is 8.01. The number of benzene rings is 1. The van der Waals surface area contributed by atoms with Gasteiger partial charge in [-0.05, 0) is 37.6 Å². The van der Waals surface area contributed by atoms with Crippen LogP contribution in [-0.4, -0.2) is 18.1 Å². The van der Waals surface area contributed by atoms with Gasteiger partial charge in [-0.1, -0.05) is 30.7 Å². The predicted molar refractivity (Wildman–Crippen MR) is 87.8 cm³/mol. The van der Waals surface area contributed by atoms with Gasteiger partial charge in [0.2, 0.25) is 0 Å². The molecule has 0 saturated heterocycles. The van der Waals surface area contributed by atoms with Gasteiger partial charge in [0, 0.05) is 28.9 Å². The average Bonchev–Trinajstić information content (AvgIpc) is 2.48. The van der Waals surface area contributed by atoms with Gasteiger partial charge in [-0.25, -0.2) is 0 Å². The Balaban J connectivity index is 2.18. The Morgan fingerprint density at radius 2 is 2.05 bits per heavy atom. The predicted octanol–water partition coefficient (Wildman–Crippen LogP) is 4.30. The fraction of sp³-hybridized carbons (Fsp3) is 0.353. The second-order valence-electron chi connectivity index (χ2n) is 4.83. The van der Waals surface area contributed by atoms with Crippen molar-refractivity contribution in [2.75, 3.05) is 13.2 Å². The Morgan fingerprint density at radius 3 is 2.76 bits per heavy atom. The maximum Gasteiger partial charge on any atom is 0.138 e. The molecule has 21 heavy (non-hydrogen) atoms. The lowest BCUT2D eigenvalue weighted by molar-refractivity contribution is 0.339. The van der Waals surface area contributed by atoms with Crippen LogP contribution in [0.1, 0.15) is 25.8 Å². The first-order valence-electron chi connectivity index (χ1n) is 7.32. The highest BCUT2D eigenvalue weighted by atomic mass is 35.5. The molecule has 0 aliphatic carbocycles. The molecule has 0 aliphatic heterocycles. The van der Waals surface area contributed by atoms with E-state index in [4.69, 9.17) is 16.3 Å². The van der Waals surface area contributed by atoms with Crippen LogP contribution in [0.3, 0.4) is 0 Å². The molecule has 0 radical (unpaired) electrons. The van der Waals surface area contributed by atoms with Crippen molar-refractivity contribution in [2.45, 2.75) is 26.8 Å². The van der Waals surface area contributed by atoms with E-state index in [1.165, 1.54) is 5.56 Å². The summed E-state index contributed by atoms with van der Waals surface area (Å²) in [4.78, 5) is 4.21. The summed E-state index contributed by atoms with van der Waals surface area (Å²) in [7, 11) is 0. The van der Waals surface area contributed by atoms with E-state index in [1.54, 1.807) is 12.4 Å². The zero-order valence-corrected chi connectivity index (χ0v) is 13.3. The molecule has 2 aromatic rings. The van der Waals surface area contributed by atoms with E-state index in [0.717, 1.165) is 41.4 Å². The van der Waals surface area contributed by atoms with E-state index in [9.17, 15) is 0 Å². The highest BCUT2D eigenvalue weighted by Crippen LogP contribution is 2.30. The molecule has 0 atom stereocenters. The van der Waals surface area contributed by atoms with Crippen LogP contribution in [0, 0.1) is 0 Å². The number of hydrogen-bond acceptors (Lipinski definition) is 3. The molecule has 0 amide bonds. The number of pyridine rings is 1. The number of halogens is 1. The van der Waals surface area contributed by atoms with Crippen molar-refractivity contribution < 1.29 is 4.74 Å². The number of nitrogens with one attached hydrogen (secondary N) is 1. The van der Waals surface area contributed by atoms with Gasteiger partial charge in [0.15, 0.2) is 0 Å². The summed E-state index contributed by atoms with van der Waals surface area (Å²) < 4.78 is 5.48. The van der Waals surface area contributed by atoms with E-state index >= 15 is 0 Å². The first kappa shape index (κ1) is 15.8. The highest BCUT2D eigenvalue weighted by Gasteiger charge is 2.06. The Bertz CT molecular complexity index is 587. The minimum absolute atomic E-state index is 0.626. The van der Waals surface area contributed by atoms with Crippen LogP contribution < -0.4 is 10.1 Å². The fourth-order valence-corrected chi connectivity index (χ4v) is 2.44. The summed E-state index contributed by atoms with van der Waals surface area (Å²) in [5.74, 6) is 0.764. The van der Waals surface area contributed by atoms with Gasteiger partial charge in [0.25, 0.3) is 0 Å². The first-order valence-corrected chi connectivity index (χ1v) is 7.69. The zero-order chi connectivity index (χ0) is 15.1. The number of rotatable bonds is 7. The van der Waals surface area contributed by atoms with Crippen LogP contribution in [0.15, 0.2) is 36.7 Å². The summed E-state index contributed by atoms with van der Waals surface area (Å²) >= 11 is 6.41. The molecular weight excluding hydrogens is 284 g/mol. The third kappa shape index (κ3) is 4.45. The topological polar surface area (TPSA) is 34.2 Å². The minimum atomic E-state index is 0.626. The normalized spacial score (nSPS) is 10.6. The van der Waals surface area contributed by atoms with Gasteiger partial charge >= 0.3 is 0 Å². The molecule has 0 saturated carbocycles. The lowest BCUT2D eigenvalue weighted by Gasteiger charge is -2.09. The highest BCUT2D eigenvalue weighted by molar-refractivity contribution is 6.33. The van der Waals surface area contributed by atoms with Gasteiger partial charge in [0.05, 0.1) is 12.8 Å². The van der Waals surface area contributed by atoms with Crippen molar-refractivity contribution >= 4 is 11.6 Å². The Morgan fingerprint density at radius 1 is 1.19 bits per heavy atom. The molecular formula is C17H21ClN2O. The van der Waals surface area contributed by atoms with E-state index in [0.29, 0.717) is 6.61 Å². The smallest absolute Gasteiger partial charge is 0.138 e. The molecule has 1 aromatic carbocycles. The minimum Gasteiger partial charge on any atom is -0.492 e. The van der Waals surface area contributed by atoms with Crippen molar-refractivity contribution in [3.63, 3.8) is 0 Å². The number of ether oxygens (including phenoxy) is 1. The molecule has 0 spiro atoms. The standard InChI is InChI=1S/C17H21ClN2O/c1-3-7-19-10-13-5-6-16(17(18)8-13)14-9-15(21-4-2)12-20-11-14/h5-6,8-9,11-12,19H,3-4,7,10H2,1-2H3. The summed E-state index contributed by atoms with van der Waals surface area (Å²) in [6.45, 7) is 6.59. The SMILES string of the molecule is CCCNCc1ccc(-c2cncc(OCC)c2)c(Cl)c1. The Kier molecular flexibility index (Phi) is 6.03.